The highest BCUT2D eigenvalue weighted by atomic mass is 16.5. The maximum Gasteiger partial charge on any atom is 0.318 e. The van der Waals surface area contributed by atoms with Crippen molar-refractivity contribution in [3.8, 4) is 6.01 Å². The van der Waals surface area contributed by atoms with E-state index in [4.69, 9.17) is 14.7 Å². The Morgan fingerprint density at radius 2 is 1.95 bits per heavy atom. The van der Waals surface area contributed by atoms with Gasteiger partial charge in [-0.3, -0.25) is 9.69 Å². The lowest BCUT2D eigenvalue weighted by atomic mass is 10.0. The highest BCUT2D eigenvalue weighted by molar-refractivity contribution is 5.87. The number of likely N-dealkylation sites (tertiary alicyclic amines) is 1. The van der Waals surface area contributed by atoms with Crippen molar-refractivity contribution < 1.29 is 9.53 Å². The second-order valence-corrected chi connectivity index (χ2v) is 10.9. The quantitative estimate of drug-likeness (QED) is 0.536. The predicted molar refractivity (Wildman–Crippen MR) is 146 cm³/mol. The van der Waals surface area contributed by atoms with Crippen molar-refractivity contribution in [2.45, 2.75) is 65.3 Å². The summed E-state index contributed by atoms with van der Waals surface area (Å²) in [6.07, 6.45) is 3.76. The topological polar surface area (TPSA) is 65.0 Å². The fourth-order valence-electron chi connectivity index (χ4n) is 5.98. The maximum absolute atomic E-state index is 12.2. The van der Waals surface area contributed by atoms with Crippen LogP contribution in [0, 0.1) is 13.8 Å². The van der Waals surface area contributed by atoms with Gasteiger partial charge in [0.1, 0.15) is 12.4 Å². The van der Waals surface area contributed by atoms with E-state index in [1.165, 1.54) is 34.8 Å². The number of aryl methyl sites for hydroxylation is 2. The van der Waals surface area contributed by atoms with Gasteiger partial charge in [0.05, 0.1) is 5.69 Å². The monoisotopic (exact) mass is 504 g/mol. The Bertz CT molecular complexity index is 1150. The summed E-state index contributed by atoms with van der Waals surface area (Å²) in [5, 5.41) is 0. The highest BCUT2D eigenvalue weighted by Gasteiger charge is 2.33. The summed E-state index contributed by atoms with van der Waals surface area (Å²) in [4.78, 5) is 31.2. The van der Waals surface area contributed by atoms with Crippen molar-refractivity contribution in [2.24, 2.45) is 0 Å². The molecule has 1 aromatic carbocycles. The fourth-order valence-corrected chi connectivity index (χ4v) is 5.98. The van der Waals surface area contributed by atoms with Gasteiger partial charge in [0.2, 0.25) is 5.91 Å². The Morgan fingerprint density at radius 1 is 1.16 bits per heavy atom. The van der Waals surface area contributed by atoms with Crippen LogP contribution in [0.4, 0.5) is 5.82 Å². The van der Waals surface area contributed by atoms with Crippen LogP contribution in [0.5, 0.6) is 6.01 Å². The third-order valence-electron chi connectivity index (χ3n) is 8.29. The van der Waals surface area contributed by atoms with E-state index in [1.807, 2.05) is 4.90 Å². The van der Waals surface area contributed by atoms with Crippen molar-refractivity contribution in [1.29, 1.82) is 0 Å². The summed E-state index contributed by atoms with van der Waals surface area (Å²) in [5.74, 6) is 0.950. The molecule has 2 fully saturated rings. The SMILES string of the molecule is C=CC(=O)N1CCN(c2nc(OC[C@@H]3CCCN3C)nc3c2CN(Cc2c(C)cccc2C)C3)[C@@H](C)C1. The number of hydrogen-bond acceptors (Lipinski definition) is 7. The molecule has 2 aromatic rings. The smallest absolute Gasteiger partial charge is 0.318 e. The van der Waals surface area contributed by atoms with Gasteiger partial charge in [0.25, 0.3) is 0 Å². The molecule has 8 nitrogen and oxygen atoms in total. The zero-order valence-electron chi connectivity index (χ0n) is 22.7. The van der Waals surface area contributed by atoms with Crippen LogP contribution in [-0.4, -0.2) is 82.5 Å². The molecule has 5 rings (SSSR count). The summed E-state index contributed by atoms with van der Waals surface area (Å²) >= 11 is 0. The lowest BCUT2D eigenvalue weighted by Gasteiger charge is -2.40. The molecule has 37 heavy (non-hydrogen) atoms. The van der Waals surface area contributed by atoms with E-state index >= 15 is 0 Å². The molecule has 3 aliphatic heterocycles. The normalized spacial score (nSPS) is 22.4. The first kappa shape index (κ1) is 25.7. The minimum atomic E-state index is -0.0103. The number of amides is 1. The second kappa shape index (κ2) is 10.8. The molecule has 0 aliphatic carbocycles. The number of rotatable bonds is 7. The Labute approximate surface area is 220 Å². The Hall–Kier alpha value is -2.97. The fraction of sp³-hybridized carbons (Fsp3) is 0.552. The van der Waals surface area contributed by atoms with Crippen LogP contribution in [0.1, 0.15) is 47.7 Å². The summed E-state index contributed by atoms with van der Waals surface area (Å²) in [5.41, 5.74) is 6.28. The highest BCUT2D eigenvalue weighted by Crippen LogP contribution is 2.34. The first-order valence-electron chi connectivity index (χ1n) is 13.5. The lowest BCUT2D eigenvalue weighted by Crippen LogP contribution is -2.54. The van der Waals surface area contributed by atoms with Crippen LogP contribution in [0.25, 0.3) is 0 Å². The minimum Gasteiger partial charge on any atom is -0.462 e. The first-order chi connectivity index (χ1) is 17.8. The Morgan fingerprint density at radius 3 is 2.62 bits per heavy atom. The van der Waals surface area contributed by atoms with E-state index < -0.39 is 0 Å². The van der Waals surface area contributed by atoms with Crippen LogP contribution in [-0.2, 0) is 24.4 Å². The molecular formula is C29H40N6O2. The van der Waals surface area contributed by atoms with Crippen LogP contribution in [0.15, 0.2) is 30.9 Å². The van der Waals surface area contributed by atoms with Gasteiger partial charge in [-0.1, -0.05) is 24.8 Å². The van der Waals surface area contributed by atoms with E-state index in [2.05, 4.69) is 67.3 Å². The number of aromatic nitrogens is 2. The third-order valence-corrected chi connectivity index (χ3v) is 8.29. The number of piperazine rings is 1. The van der Waals surface area contributed by atoms with E-state index in [9.17, 15) is 4.79 Å². The summed E-state index contributed by atoms with van der Waals surface area (Å²) < 4.78 is 6.23. The summed E-state index contributed by atoms with van der Waals surface area (Å²) in [6.45, 7) is 16.4. The van der Waals surface area contributed by atoms with Gasteiger partial charge < -0.3 is 19.4 Å². The largest absolute Gasteiger partial charge is 0.462 e. The zero-order chi connectivity index (χ0) is 26.1. The predicted octanol–water partition coefficient (Wildman–Crippen LogP) is 3.31. The lowest BCUT2D eigenvalue weighted by molar-refractivity contribution is -0.126. The van der Waals surface area contributed by atoms with Crippen LogP contribution < -0.4 is 9.64 Å². The molecular weight excluding hydrogens is 464 g/mol. The van der Waals surface area contributed by atoms with E-state index in [0.29, 0.717) is 31.7 Å². The molecule has 0 spiro atoms. The molecule has 3 aliphatic rings. The molecule has 8 heteroatoms. The average Bonchev–Trinajstić information content (AvgIpc) is 3.49. The molecule has 4 heterocycles. The Balaban J connectivity index is 1.40. The molecule has 1 aromatic heterocycles. The number of ether oxygens (including phenoxy) is 1. The van der Waals surface area contributed by atoms with Gasteiger partial charge in [-0.15, -0.1) is 0 Å². The van der Waals surface area contributed by atoms with Gasteiger partial charge in [-0.2, -0.15) is 9.97 Å². The Kier molecular flexibility index (Phi) is 7.49. The number of fused-ring (bicyclic) bond motifs is 1. The summed E-state index contributed by atoms with van der Waals surface area (Å²) in [6, 6.07) is 7.52. The van der Waals surface area contributed by atoms with Gasteiger partial charge in [0.15, 0.2) is 0 Å². The number of carbonyl (C=O) groups excluding carboxylic acids is 1. The van der Waals surface area contributed by atoms with Crippen molar-refractivity contribution in [1.82, 2.24) is 24.7 Å². The van der Waals surface area contributed by atoms with Crippen LogP contribution in [0.2, 0.25) is 0 Å². The average molecular weight is 505 g/mol. The molecule has 0 N–H and O–H groups in total. The molecule has 0 radical (unpaired) electrons. The third kappa shape index (κ3) is 5.36. The molecule has 2 atom stereocenters. The van der Waals surface area contributed by atoms with E-state index in [0.717, 1.165) is 50.7 Å². The van der Waals surface area contributed by atoms with Gasteiger partial charge in [-0.25, -0.2) is 0 Å². The van der Waals surface area contributed by atoms with Crippen LogP contribution in [0.3, 0.4) is 0 Å². The van der Waals surface area contributed by atoms with E-state index in [1.54, 1.807) is 0 Å². The van der Waals surface area contributed by atoms with Gasteiger partial charge in [-0.05, 0) is 70.0 Å². The van der Waals surface area contributed by atoms with Crippen molar-refractivity contribution in [3.63, 3.8) is 0 Å². The standard InChI is InChI=1S/C29H40N6O2/c1-6-27(36)34-13-14-35(22(4)15-34)28-25-17-33(16-24-20(2)9-7-10-21(24)3)18-26(25)30-29(31-28)37-19-23-11-8-12-32(23)5/h6-7,9-10,22-23H,1,8,11-19H2,2-5H3/t22-,23-/m0/s1. The van der Waals surface area contributed by atoms with E-state index in [-0.39, 0.29) is 11.9 Å². The number of likely N-dealkylation sites (N-methyl/N-ethyl adjacent to an activating group) is 1. The number of anilines is 1. The number of nitrogens with zero attached hydrogens (tertiary/aromatic N) is 6. The summed E-state index contributed by atoms with van der Waals surface area (Å²) in [7, 11) is 2.16. The van der Waals surface area contributed by atoms with Gasteiger partial charge in [0, 0.05) is 56.9 Å². The minimum absolute atomic E-state index is 0.0103. The molecule has 198 valence electrons. The van der Waals surface area contributed by atoms with Crippen molar-refractivity contribution >= 4 is 11.7 Å². The maximum atomic E-state index is 12.2. The zero-order valence-corrected chi connectivity index (χ0v) is 22.7. The molecule has 0 unspecified atom stereocenters. The van der Waals surface area contributed by atoms with Crippen LogP contribution >= 0.6 is 0 Å². The second-order valence-electron chi connectivity index (χ2n) is 10.9. The first-order valence-corrected chi connectivity index (χ1v) is 13.5. The molecule has 0 bridgehead atoms. The van der Waals surface area contributed by atoms with Gasteiger partial charge >= 0.3 is 6.01 Å². The number of carbonyl (C=O) groups is 1. The number of hydrogen-bond donors (Lipinski definition) is 0. The molecule has 1 amide bonds. The van der Waals surface area contributed by atoms with Crippen molar-refractivity contribution in [2.75, 3.05) is 44.7 Å². The number of benzene rings is 1. The molecule has 0 saturated carbocycles. The molecule has 2 saturated heterocycles. The van der Waals surface area contributed by atoms with Crippen molar-refractivity contribution in [3.05, 3.63) is 58.8 Å².